The van der Waals surface area contributed by atoms with Crippen LogP contribution in [0.5, 0.6) is 0 Å². The van der Waals surface area contributed by atoms with Crippen LogP contribution in [0, 0.1) is 0 Å². The Hall–Kier alpha value is -2.27. The fourth-order valence-electron chi connectivity index (χ4n) is 1.94. The Labute approximate surface area is 127 Å². The zero-order chi connectivity index (χ0) is 15.1. The van der Waals surface area contributed by atoms with Crippen LogP contribution in [0.3, 0.4) is 0 Å². The molecule has 5 heteroatoms. The molecule has 2 amide bonds. The van der Waals surface area contributed by atoms with Crippen molar-refractivity contribution in [1.29, 1.82) is 0 Å². The number of rotatable bonds is 4. The number of primary amides is 1. The highest BCUT2D eigenvalue weighted by Gasteiger charge is 2.17. The van der Waals surface area contributed by atoms with Crippen molar-refractivity contribution in [2.24, 2.45) is 5.73 Å². The van der Waals surface area contributed by atoms with Crippen molar-refractivity contribution in [2.75, 3.05) is 0 Å². The molecule has 0 saturated heterocycles. The molecule has 0 spiro atoms. The van der Waals surface area contributed by atoms with Gasteiger partial charge >= 0.3 is 0 Å². The summed E-state index contributed by atoms with van der Waals surface area (Å²) in [5.74, 6) is 0. The Morgan fingerprint density at radius 3 is 1.67 bits per heavy atom. The van der Waals surface area contributed by atoms with E-state index in [1.807, 2.05) is 60.7 Å². The Balaban J connectivity index is 2.13. The predicted octanol–water partition coefficient (Wildman–Crippen LogP) is 3.62. The molecule has 2 aromatic rings. The molecule has 2 N–H and O–H groups in total. The minimum absolute atomic E-state index is 0.338. The van der Waals surface area contributed by atoms with Crippen molar-refractivity contribution in [3.8, 4) is 0 Å². The minimum atomic E-state index is -0.689. The summed E-state index contributed by atoms with van der Waals surface area (Å²) < 4.78 is 0. The van der Waals surface area contributed by atoms with Crippen LogP contribution < -0.4 is 5.73 Å². The van der Waals surface area contributed by atoms with E-state index >= 15 is 0 Å². The fourth-order valence-corrected chi connectivity index (χ4v) is 2.37. The smallest absolute Gasteiger partial charge is 0.291 e. The van der Waals surface area contributed by atoms with Crippen molar-refractivity contribution in [2.45, 2.75) is 13.1 Å². The second-order valence-corrected chi connectivity index (χ2v) is 5.47. The van der Waals surface area contributed by atoms with E-state index in [4.69, 9.17) is 5.73 Å². The van der Waals surface area contributed by atoms with Crippen molar-refractivity contribution in [1.82, 2.24) is 4.90 Å². The molecule has 0 fully saturated rings. The van der Waals surface area contributed by atoms with Crippen LogP contribution in [0.1, 0.15) is 11.1 Å². The lowest BCUT2D eigenvalue weighted by Gasteiger charge is -2.21. The van der Waals surface area contributed by atoms with Gasteiger partial charge in [-0.15, -0.1) is 0 Å². The lowest BCUT2D eigenvalue weighted by Crippen LogP contribution is -2.28. The zero-order valence-corrected chi connectivity index (χ0v) is 12.3. The largest absolute Gasteiger partial charge is 0.360 e. The molecule has 0 radical (unpaired) electrons. The Morgan fingerprint density at radius 2 is 1.29 bits per heavy atom. The number of hydrogen-bond donors (Lipinski definition) is 1. The quantitative estimate of drug-likeness (QED) is 0.938. The first-order chi connectivity index (χ1) is 10.1. The number of amides is 2. The maximum Gasteiger partial charge on any atom is 0.291 e. The molecule has 0 aliphatic heterocycles. The molecule has 4 nitrogen and oxygen atoms in total. The van der Waals surface area contributed by atoms with E-state index in [0.717, 1.165) is 11.1 Å². The fraction of sp³-hybridized carbons (Fsp3) is 0.125. The maximum atomic E-state index is 12.2. The van der Waals surface area contributed by atoms with Gasteiger partial charge in [-0.3, -0.25) is 9.59 Å². The second kappa shape index (κ2) is 7.50. The van der Waals surface area contributed by atoms with Crippen molar-refractivity contribution >= 4 is 22.2 Å². The Kier molecular flexibility index (Phi) is 5.40. The summed E-state index contributed by atoms with van der Waals surface area (Å²) in [5, 5.41) is -1.03. The summed E-state index contributed by atoms with van der Waals surface area (Å²) in [7, 11) is 0. The van der Waals surface area contributed by atoms with E-state index in [1.54, 1.807) is 4.90 Å². The van der Waals surface area contributed by atoms with Gasteiger partial charge < -0.3 is 10.6 Å². The van der Waals surface area contributed by atoms with Crippen molar-refractivity contribution in [3.05, 3.63) is 71.8 Å². The van der Waals surface area contributed by atoms with E-state index < -0.39 is 5.24 Å². The average Bonchev–Trinajstić information content (AvgIpc) is 2.48. The van der Waals surface area contributed by atoms with Crippen LogP contribution >= 0.6 is 11.8 Å². The van der Waals surface area contributed by atoms with E-state index in [9.17, 15) is 9.59 Å². The lowest BCUT2D eigenvalue weighted by atomic mass is 10.2. The van der Waals surface area contributed by atoms with Gasteiger partial charge in [0.2, 0.25) is 0 Å². The molecule has 108 valence electrons. The minimum Gasteiger partial charge on any atom is -0.360 e. The van der Waals surface area contributed by atoms with Gasteiger partial charge in [0.25, 0.3) is 10.5 Å². The van der Waals surface area contributed by atoms with Crippen LogP contribution in [-0.2, 0) is 13.1 Å². The molecular weight excluding hydrogens is 284 g/mol. The van der Waals surface area contributed by atoms with Crippen LogP contribution in [0.15, 0.2) is 60.7 Å². The van der Waals surface area contributed by atoms with Gasteiger partial charge in [-0.2, -0.15) is 0 Å². The van der Waals surface area contributed by atoms with Crippen LogP contribution in [0.2, 0.25) is 0 Å². The third-order valence-electron chi connectivity index (χ3n) is 2.88. The topological polar surface area (TPSA) is 63.4 Å². The van der Waals surface area contributed by atoms with Gasteiger partial charge in [0, 0.05) is 24.9 Å². The molecule has 2 rings (SSSR count). The van der Waals surface area contributed by atoms with E-state index in [-0.39, 0.29) is 5.24 Å². The van der Waals surface area contributed by atoms with Crippen molar-refractivity contribution in [3.63, 3.8) is 0 Å². The lowest BCUT2D eigenvalue weighted by molar-refractivity contribution is 0.218. The third kappa shape index (κ3) is 4.96. The molecule has 0 unspecified atom stereocenters. The summed E-state index contributed by atoms with van der Waals surface area (Å²) >= 11 is 0.527. The zero-order valence-electron chi connectivity index (χ0n) is 11.4. The van der Waals surface area contributed by atoms with Gasteiger partial charge in [-0.1, -0.05) is 60.7 Å². The van der Waals surface area contributed by atoms with Gasteiger partial charge in [0.05, 0.1) is 0 Å². The number of thioether (sulfide) groups is 1. The van der Waals surface area contributed by atoms with Crippen molar-refractivity contribution < 1.29 is 9.59 Å². The highest BCUT2D eigenvalue weighted by atomic mass is 32.2. The summed E-state index contributed by atoms with van der Waals surface area (Å²) in [6.45, 7) is 0.879. The average molecular weight is 300 g/mol. The SMILES string of the molecule is NC(=O)SC(=O)N(Cc1ccccc1)Cc1ccccc1. The number of carbonyl (C=O) groups is 2. The molecule has 0 heterocycles. The molecule has 0 aromatic heterocycles. The van der Waals surface area contributed by atoms with E-state index in [1.165, 1.54) is 0 Å². The Bertz CT molecular complexity index is 561. The highest BCUT2D eigenvalue weighted by Crippen LogP contribution is 2.16. The maximum absolute atomic E-state index is 12.2. The molecule has 0 aliphatic rings. The predicted molar refractivity (Wildman–Crippen MR) is 84.7 cm³/mol. The summed E-state index contributed by atoms with van der Waals surface area (Å²) in [6, 6.07) is 19.3. The van der Waals surface area contributed by atoms with Gasteiger partial charge in [-0.25, -0.2) is 0 Å². The number of benzene rings is 2. The normalized spacial score (nSPS) is 10.1. The first-order valence-electron chi connectivity index (χ1n) is 6.49. The number of hydrogen-bond acceptors (Lipinski definition) is 3. The summed E-state index contributed by atoms with van der Waals surface area (Å²) in [4.78, 5) is 24.7. The van der Waals surface area contributed by atoms with E-state index in [2.05, 4.69) is 0 Å². The second-order valence-electron chi connectivity index (χ2n) is 4.51. The summed E-state index contributed by atoms with van der Waals surface area (Å²) in [6.07, 6.45) is 0. The molecule has 0 aliphatic carbocycles. The molecular formula is C16H16N2O2S. The number of carbonyl (C=O) groups excluding carboxylic acids is 2. The summed E-state index contributed by atoms with van der Waals surface area (Å²) in [5.41, 5.74) is 7.11. The van der Waals surface area contributed by atoms with Gasteiger partial charge in [-0.05, 0) is 11.1 Å². The molecule has 0 bridgehead atoms. The van der Waals surface area contributed by atoms with Gasteiger partial charge in [0.1, 0.15) is 0 Å². The van der Waals surface area contributed by atoms with Crippen LogP contribution in [0.25, 0.3) is 0 Å². The standard InChI is InChI=1S/C16H16N2O2S/c17-15(19)21-16(20)18(11-13-7-3-1-4-8-13)12-14-9-5-2-6-10-14/h1-10H,11-12H2,(H2,17,19). The molecule has 2 aromatic carbocycles. The monoisotopic (exact) mass is 300 g/mol. The number of nitrogens with zero attached hydrogens (tertiary/aromatic N) is 1. The number of nitrogens with two attached hydrogens (primary N) is 1. The van der Waals surface area contributed by atoms with Crippen LogP contribution in [-0.4, -0.2) is 15.4 Å². The molecule has 0 saturated carbocycles. The van der Waals surface area contributed by atoms with Gasteiger partial charge in [0.15, 0.2) is 0 Å². The third-order valence-corrected chi connectivity index (χ3v) is 3.51. The molecule has 0 atom stereocenters. The van der Waals surface area contributed by atoms with Crippen LogP contribution in [0.4, 0.5) is 9.59 Å². The first kappa shape index (κ1) is 15.1. The van der Waals surface area contributed by atoms with E-state index in [0.29, 0.717) is 24.9 Å². The molecule has 21 heavy (non-hydrogen) atoms. The first-order valence-corrected chi connectivity index (χ1v) is 7.31. The Morgan fingerprint density at radius 1 is 0.857 bits per heavy atom. The highest BCUT2D eigenvalue weighted by molar-refractivity contribution is 8.25.